The van der Waals surface area contributed by atoms with Gasteiger partial charge in [-0.15, -0.1) is 0 Å². The summed E-state index contributed by atoms with van der Waals surface area (Å²) in [6.07, 6.45) is 1.29. The van der Waals surface area contributed by atoms with Crippen LogP contribution in [0.2, 0.25) is 0 Å². The maximum Gasteiger partial charge on any atom is 0.328 e. The van der Waals surface area contributed by atoms with Crippen molar-refractivity contribution in [2.45, 2.75) is 6.92 Å². The number of hydrogen-bond donors (Lipinski definition) is 3. The van der Waals surface area contributed by atoms with E-state index in [0.717, 1.165) is 32.7 Å². The smallest absolute Gasteiger partial charge is 0.328 e. The molecule has 0 saturated carbocycles. The molecule has 0 unspecified atom stereocenters. The molecule has 2 saturated heterocycles. The van der Waals surface area contributed by atoms with Crippen LogP contribution >= 0.6 is 0 Å². The fourth-order valence-electron chi connectivity index (χ4n) is 3.24. The molecule has 0 aliphatic carbocycles. The quantitative estimate of drug-likeness (QED) is 0.271. The molecule has 0 spiro atoms. The Morgan fingerprint density at radius 2 is 1.81 bits per heavy atom. The van der Waals surface area contributed by atoms with Gasteiger partial charge in [0.1, 0.15) is 5.57 Å². The van der Waals surface area contributed by atoms with E-state index in [1.165, 1.54) is 23.1 Å². The maximum atomic E-state index is 12.0. The number of likely N-dealkylation sites (N-methyl/N-ethyl adjacent to an activating group) is 1. The Morgan fingerprint density at radius 1 is 1.19 bits per heavy atom. The highest BCUT2D eigenvalue weighted by molar-refractivity contribution is 6.31. The van der Waals surface area contributed by atoms with Gasteiger partial charge >= 0.3 is 6.03 Å². The van der Waals surface area contributed by atoms with E-state index in [9.17, 15) is 24.5 Å². The molecular weight excluding hydrogens is 354 g/mol. The number of hydrogen-bond acceptors (Lipinski definition) is 6. The average molecular weight is 374 g/mol. The summed E-state index contributed by atoms with van der Waals surface area (Å²) in [4.78, 5) is 49.4. The monoisotopic (exact) mass is 374 g/mol. The first kappa shape index (κ1) is 18.5. The molecule has 0 atom stereocenters. The van der Waals surface area contributed by atoms with Crippen LogP contribution in [0.25, 0.3) is 6.08 Å². The van der Waals surface area contributed by atoms with Crippen molar-refractivity contribution in [1.29, 1.82) is 0 Å². The highest BCUT2D eigenvalue weighted by Gasteiger charge is 2.29. The van der Waals surface area contributed by atoms with Gasteiger partial charge in [0.25, 0.3) is 17.5 Å². The average Bonchev–Trinajstić information content (AvgIpc) is 2.64. The summed E-state index contributed by atoms with van der Waals surface area (Å²) >= 11 is 0. The molecule has 2 heterocycles. The summed E-state index contributed by atoms with van der Waals surface area (Å²) in [7, 11) is 0. The molecule has 0 radical (unpaired) electrons. The first-order valence-corrected chi connectivity index (χ1v) is 8.64. The first-order valence-electron chi connectivity index (χ1n) is 8.64. The Kier molecular flexibility index (Phi) is 5.17. The van der Waals surface area contributed by atoms with Crippen LogP contribution in [0, 0.1) is 10.1 Å². The molecule has 142 valence electrons. The molecule has 0 aromatic heterocycles. The summed E-state index contributed by atoms with van der Waals surface area (Å²) in [5.74, 6) is -1.66. The van der Waals surface area contributed by atoms with Crippen LogP contribution in [0.1, 0.15) is 12.5 Å². The topological polar surface area (TPSA) is 126 Å². The minimum atomic E-state index is -0.889. The minimum Gasteiger partial charge on any atom is -0.360 e. The number of anilines is 1. The van der Waals surface area contributed by atoms with Gasteiger partial charge in [-0.05, 0) is 19.1 Å². The number of amides is 4. The zero-order valence-corrected chi connectivity index (χ0v) is 14.8. The van der Waals surface area contributed by atoms with E-state index in [1.807, 2.05) is 10.6 Å². The van der Waals surface area contributed by atoms with E-state index in [-0.39, 0.29) is 11.3 Å². The lowest BCUT2D eigenvalue weighted by atomic mass is 10.0. The number of nitro benzene ring substituents is 1. The lowest BCUT2D eigenvalue weighted by Gasteiger charge is -2.34. The minimum absolute atomic E-state index is 0.142. The molecule has 10 heteroatoms. The Hall–Kier alpha value is -3.27. The Labute approximate surface area is 155 Å². The molecule has 2 fully saturated rings. The summed E-state index contributed by atoms with van der Waals surface area (Å²) in [5.41, 5.74) is 0.685. The molecule has 0 bridgehead atoms. The summed E-state index contributed by atoms with van der Waals surface area (Å²) in [6, 6.07) is 3.48. The zero-order chi connectivity index (χ0) is 19.6. The predicted molar refractivity (Wildman–Crippen MR) is 96.2 cm³/mol. The van der Waals surface area contributed by atoms with Crippen molar-refractivity contribution < 1.29 is 24.2 Å². The van der Waals surface area contributed by atoms with Gasteiger partial charge in [0.15, 0.2) is 0 Å². The third-order valence-electron chi connectivity index (χ3n) is 4.78. The summed E-state index contributed by atoms with van der Waals surface area (Å²) < 4.78 is 0. The van der Waals surface area contributed by atoms with Crippen molar-refractivity contribution in [3.05, 3.63) is 39.4 Å². The van der Waals surface area contributed by atoms with Crippen LogP contribution in [0.3, 0.4) is 0 Å². The molecule has 27 heavy (non-hydrogen) atoms. The number of non-ortho nitro benzene ring substituents is 1. The van der Waals surface area contributed by atoms with Crippen LogP contribution in [0.5, 0.6) is 0 Å². The number of carbonyl (C=O) groups excluding carboxylic acids is 3. The van der Waals surface area contributed by atoms with Crippen LogP contribution < -0.4 is 20.4 Å². The lowest BCUT2D eigenvalue weighted by molar-refractivity contribution is -0.898. The molecule has 10 nitrogen and oxygen atoms in total. The summed E-state index contributed by atoms with van der Waals surface area (Å²) in [6.45, 7) is 6.52. The normalized spacial score (nSPS) is 18.2. The van der Waals surface area contributed by atoms with Gasteiger partial charge in [-0.2, -0.15) is 0 Å². The van der Waals surface area contributed by atoms with Crippen LogP contribution in [0.15, 0.2) is 23.8 Å². The van der Waals surface area contributed by atoms with E-state index < -0.39 is 22.8 Å². The van der Waals surface area contributed by atoms with Crippen LogP contribution in [-0.2, 0) is 9.59 Å². The molecule has 3 N–H and O–H groups in total. The molecule has 3 rings (SSSR count). The third-order valence-corrected chi connectivity index (χ3v) is 4.78. The van der Waals surface area contributed by atoms with Gasteiger partial charge in [-0.1, -0.05) is 0 Å². The molecule has 1 aromatic carbocycles. The number of urea groups is 1. The second-order valence-electron chi connectivity index (χ2n) is 6.39. The fourth-order valence-corrected chi connectivity index (χ4v) is 3.24. The van der Waals surface area contributed by atoms with Gasteiger partial charge < -0.3 is 9.80 Å². The number of rotatable bonds is 4. The van der Waals surface area contributed by atoms with Crippen molar-refractivity contribution >= 4 is 35.3 Å². The first-order chi connectivity index (χ1) is 12.9. The van der Waals surface area contributed by atoms with Gasteiger partial charge in [0.05, 0.1) is 37.6 Å². The number of piperazine rings is 1. The van der Waals surface area contributed by atoms with E-state index in [2.05, 4.69) is 11.8 Å². The Bertz CT molecular complexity index is 820. The zero-order valence-electron chi connectivity index (χ0n) is 14.8. The number of nitro groups is 1. The SMILES string of the molecule is CC[NH+]1CCN(c2ccc([N+](=O)[O-])cc2C=C2C(=O)NC(=O)NC2=O)CC1. The Balaban J connectivity index is 1.99. The van der Waals surface area contributed by atoms with E-state index >= 15 is 0 Å². The lowest BCUT2D eigenvalue weighted by Crippen LogP contribution is -3.14. The molecule has 2 aliphatic rings. The largest absolute Gasteiger partial charge is 0.360 e. The molecule has 4 amide bonds. The standard InChI is InChI=1S/C17H19N5O5/c1-2-20-5-7-21(8-6-20)14-4-3-12(22(26)27)9-11(14)10-13-15(23)18-17(25)19-16(13)24/h3-4,9-10H,2,5-8H2,1H3,(H2,18,19,23,24,25)/p+1. The highest BCUT2D eigenvalue weighted by Crippen LogP contribution is 2.28. The fraction of sp³-hybridized carbons (Fsp3) is 0.353. The van der Waals surface area contributed by atoms with Gasteiger partial charge in [0, 0.05) is 23.4 Å². The molecule has 2 aliphatic heterocycles. The second kappa shape index (κ2) is 7.54. The van der Waals surface area contributed by atoms with Crippen molar-refractivity contribution in [3.8, 4) is 0 Å². The van der Waals surface area contributed by atoms with E-state index in [1.54, 1.807) is 6.07 Å². The number of imide groups is 2. The number of quaternary nitrogens is 1. The van der Waals surface area contributed by atoms with Crippen molar-refractivity contribution in [1.82, 2.24) is 10.6 Å². The second-order valence-corrected chi connectivity index (χ2v) is 6.39. The number of barbiturate groups is 1. The molecular formula is C17H20N5O5+. The van der Waals surface area contributed by atoms with E-state index in [4.69, 9.17) is 0 Å². The summed E-state index contributed by atoms with van der Waals surface area (Å²) in [5, 5.41) is 15.2. The number of nitrogens with one attached hydrogen (secondary N) is 3. The third kappa shape index (κ3) is 3.95. The van der Waals surface area contributed by atoms with Gasteiger partial charge in [-0.25, -0.2) is 4.79 Å². The van der Waals surface area contributed by atoms with Gasteiger partial charge in [0.2, 0.25) is 0 Å². The number of nitrogens with zero attached hydrogens (tertiary/aromatic N) is 2. The van der Waals surface area contributed by atoms with Crippen molar-refractivity contribution in [2.75, 3.05) is 37.6 Å². The maximum absolute atomic E-state index is 12.0. The van der Waals surface area contributed by atoms with E-state index in [0.29, 0.717) is 11.3 Å². The molecule has 1 aromatic rings. The Morgan fingerprint density at radius 3 is 2.37 bits per heavy atom. The highest BCUT2D eigenvalue weighted by atomic mass is 16.6. The van der Waals surface area contributed by atoms with Crippen molar-refractivity contribution in [3.63, 3.8) is 0 Å². The van der Waals surface area contributed by atoms with Crippen molar-refractivity contribution in [2.24, 2.45) is 0 Å². The number of carbonyl (C=O) groups is 3. The predicted octanol–water partition coefficient (Wildman–Crippen LogP) is -0.931. The van der Waals surface area contributed by atoms with Gasteiger partial charge in [-0.3, -0.25) is 30.3 Å². The van der Waals surface area contributed by atoms with Crippen LogP contribution in [-0.4, -0.2) is 55.5 Å². The number of benzene rings is 1. The van der Waals surface area contributed by atoms with Crippen LogP contribution in [0.4, 0.5) is 16.2 Å².